The van der Waals surface area contributed by atoms with Crippen LogP contribution < -0.4 is 14.8 Å². The molecule has 92 valence electrons. The third-order valence-corrected chi connectivity index (χ3v) is 3.63. The van der Waals surface area contributed by atoms with Crippen LogP contribution in [0.3, 0.4) is 0 Å². The number of ether oxygens (including phenoxy) is 2. The first-order valence-electron chi connectivity index (χ1n) is 6.42. The molecule has 1 aliphatic heterocycles. The topological polar surface area (TPSA) is 30.5 Å². The Morgan fingerprint density at radius 2 is 2.06 bits per heavy atom. The Labute approximate surface area is 102 Å². The van der Waals surface area contributed by atoms with E-state index >= 15 is 0 Å². The Hall–Kier alpha value is -1.22. The van der Waals surface area contributed by atoms with E-state index < -0.39 is 0 Å². The van der Waals surface area contributed by atoms with Gasteiger partial charge in [-0.15, -0.1) is 0 Å². The summed E-state index contributed by atoms with van der Waals surface area (Å²) >= 11 is 0. The van der Waals surface area contributed by atoms with Crippen LogP contribution in [0.5, 0.6) is 11.5 Å². The van der Waals surface area contributed by atoms with Crippen molar-refractivity contribution in [3.05, 3.63) is 24.3 Å². The summed E-state index contributed by atoms with van der Waals surface area (Å²) < 4.78 is 11.8. The molecule has 1 fully saturated rings. The van der Waals surface area contributed by atoms with Crippen LogP contribution in [0.1, 0.15) is 19.3 Å². The van der Waals surface area contributed by atoms with Gasteiger partial charge in [0.05, 0.1) is 0 Å². The molecule has 2 aliphatic rings. The van der Waals surface area contributed by atoms with Crippen LogP contribution in [0, 0.1) is 5.92 Å². The molecule has 1 N–H and O–H groups in total. The van der Waals surface area contributed by atoms with E-state index in [0.29, 0.717) is 12.6 Å². The third kappa shape index (κ3) is 2.39. The van der Waals surface area contributed by atoms with Gasteiger partial charge in [0.15, 0.2) is 11.5 Å². The lowest BCUT2D eigenvalue weighted by molar-refractivity contribution is 0.0601. The Bertz CT molecular complexity index is 390. The van der Waals surface area contributed by atoms with E-state index in [1.165, 1.54) is 19.3 Å². The van der Waals surface area contributed by atoms with E-state index in [2.05, 4.69) is 5.32 Å². The zero-order chi connectivity index (χ0) is 11.7. The maximum absolute atomic E-state index is 6.03. The lowest BCUT2D eigenvalue weighted by Gasteiger charge is -2.32. The molecule has 0 aromatic heterocycles. The van der Waals surface area contributed by atoms with Gasteiger partial charge in [-0.1, -0.05) is 25.0 Å². The average molecular weight is 233 g/mol. The van der Waals surface area contributed by atoms with Crippen molar-refractivity contribution in [1.29, 1.82) is 0 Å². The van der Waals surface area contributed by atoms with E-state index in [4.69, 9.17) is 9.47 Å². The summed E-state index contributed by atoms with van der Waals surface area (Å²) in [7, 11) is 2.01. The van der Waals surface area contributed by atoms with Crippen LogP contribution >= 0.6 is 0 Å². The van der Waals surface area contributed by atoms with E-state index in [1.807, 2.05) is 31.3 Å². The molecule has 1 heterocycles. The fourth-order valence-electron chi connectivity index (χ4n) is 2.40. The molecular weight excluding hydrogens is 214 g/mol. The number of benzene rings is 1. The van der Waals surface area contributed by atoms with Crippen molar-refractivity contribution in [2.75, 3.05) is 13.7 Å². The summed E-state index contributed by atoms with van der Waals surface area (Å²) in [5.74, 6) is 2.64. The second-order valence-corrected chi connectivity index (χ2v) is 4.99. The molecule has 0 saturated heterocycles. The number of para-hydroxylation sites is 2. The van der Waals surface area contributed by atoms with Crippen LogP contribution in [0.2, 0.25) is 0 Å². The molecular formula is C14H19NO2. The zero-order valence-electron chi connectivity index (χ0n) is 10.2. The van der Waals surface area contributed by atoms with Crippen molar-refractivity contribution in [2.24, 2.45) is 5.92 Å². The SMILES string of the molecule is CNC(CC1CC1)C1COc2ccccc2O1. The van der Waals surface area contributed by atoms with Gasteiger partial charge in [-0.2, -0.15) is 0 Å². The van der Waals surface area contributed by atoms with Crippen LogP contribution in [0.4, 0.5) is 0 Å². The molecule has 1 aromatic carbocycles. The Morgan fingerprint density at radius 3 is 2.76 bits per heavy atom. The molecule has 2 unspecified atom stereocenters. The van der Waals surface area contributed by atoms with Crippen molar-refractivity contribution in [2.45, 2.75) is 31.4 Å². The number of nitrogens with one attached hydrogen (secondary N) is 1. The highest BCUT2D eigenvalue weighted by Gasteiger charge is 2.32. The Morgan fingerprint density at radius 1 is 1.29 bits per heavy atom. The molecule has 17 heavy (non-hydrogen) atoms. The van der Waals surface area contributed by atoms with Crippen LogP contribution in [-0.4, -0.2) is 25.8 Å². The average Bonchev–Trinajstić information content (AvgIpc) is 3.19. The quantitative estimate of drug-likeness (QED) is 0.865. The van der Waals surface area contributed by atoms with Gasteiger partial charge in [0.1, 0.15) is 12.7 Å². The molecule has 0 amide bonds. The van der Waals surface area contributed by atoms with Gasteiger partial charge >= 0.3 is 0 Å². The fraction of sp³-hybridized carbons (Fsp3) is 0.571. The second-order valence-electron chi connectivity index (χ2n) is 4.99. The molecule has 1 saturated carbocycles. The highest BCUT2D eigenvalue weighted by Crippen LogP contribution is 2.36. The first-order valence-corrected chi connectivity index (χ1v) is 6.42. The monoisotopic (exact) mass is 233 g/mol. The molecule has 0 radical (unpaired) electrons. The minimum Gasteiger partial charge on any atom is -0.486 e. The summed E-state index contributed by atoms with van der Waals surface area (Å²) in [6, 6.07) is 8.30. The highest BCUT2D eigenvalue weighted by atomic mass is 16.6. The van der Waals surface area contributed by atoms with Crippen LogP contribution in [0.15, 0.2) is 24.3 Å². The largest absolute Gasteiger partial charge is 0.486 e. The van der Waals surface area contributed by atoms with Crippen molar-refractivity contribution in [1.82, 2.24) is 5.32 Å². The molecule has 3 nitrogen and oxygen atoms in total. The Kier molecular flexibility index (Phi) is 2.93. The maximum atomic E-state index is 6.03. The fourth-order valence-corrected chi connectivity index (χ4v) is 2.40. The molecule has 3 rings (SSSR count). The predicted octanol–water partition coefficient (Wildman–Crippen LogP) is 2.21. The van der Waals surface area contributed by atoms with Gasteiger partial charge < -0.3 is 14.8 Å². The van der Waals surface area contributed by atoms with Crippen molar-refractivity contribution >= 4 is 0 Å². The summed E-state index contributed by atoms with van der Waals surface area (Å²) in [5, 5.41) is 3.37. The molecule has 3 heteroatoms. The van der Waals surface area contributed by atoms with E-state index in [0.717, 1.165) is 17.4 Å². The smallest absolute Gasteiger partial charge is 0.161 e. The number of hydrogen-bond donors (Lipinski definition) is 1. The minimum absolute atomic E-state index is 0.135. The molecule has 0 bridgehead atoms. The maximum Gasteiger partial charge on any atom is 0.161 e. The molecule has 1 aromatic rings. The van der Waals surface area contributed by atoms with E-state index in [1.54, 1.807) is 0 Å². The number of rotatable bonds is 4. The minimum atomic E-state index is 0.135. The van der Waals surface area contributed by atoms with Gasteiger partial charge in [-0.05, 0) is 31.5 Å². The van der Waals surface area contributed by atoms with Gasteiger partial charge in [-0.3, -0.25) is 0 Å². The van der Waals surface area contributed by atoms with E-state index in [9.17, 15) is 0 Å². The first kappa shape index (κ1) is 10.9. The summed E-state index contributed by atoms with van der Waals surface area (Å²) in [6.45, 7) is 0.648. The van der Waals surface area contributed by atoms with Gasteiger partial charge in [0.25, 0.3) is 0 Å². The predicted molar refractivity (Wildman–Crippen MR) is 66.5 cm³/mol. The number of likely N-dealkylation sites (N-methyl/N-ethyl adjacent to an activating group) is 1. The third-order valence-electron chi connectivity index (χ3n) is 3.63. The highest BCUT2D eigenvalue weighted by molar-refractivity contribution is 5.40. The number of hydrogen-bond acceptors (Lipinski definition) is 3. The standard InChI is InChI=1S/C14H19NO2/c1-15-11(8-10-6-7-10)14-9-16-12-4-2-3-5-13(12)17-14/h2-5,10-11,14-15H,6-9H2,1H3. The summed E-state index contributed by atoms with van der Waals surface area (Å²) in [4.78, 5) is 0. The van der Waals surface area contributed by atoms with E-state index in [-0.39, 0.29) is 6.10 Å². The normalized spacial score (nSPS) is 24.4. The van der Waals surface area contributed by atoms with Crippen LogP contribution in [0.25, 0.3) is 0 Å². The molecule has 1 aliphatic carbocycles. The van der Waals surface area contributed by atoms with Gasteiger partial charge in [-0.25, -0.2) is 0 Å². The summed E-state index contributed by atoms with van der Waals surface area (Å²) in [6.07, 6.45) is 4.09. The molecule has 0 spiro atoms. The zero-order valence-corrected chi connectivity index (χ0v) is 10.2. The van der Waals surface area contributed by atoms with Crippen molar-refractivity contribution in [3.63, 3.8) is 0 Å². The van der Waals surface area contributed by atoms with Crippen LogP contribution in [-0.2, 0) is 0 Å². The Balaban J connectivity index is 1.69. The van der Waals surface area contributed by atoms with Gasteiger partial charge in [0, 0.05) is 6.04 Å². The van der Waals surface area contributed by atoms with Crippen molar-refractivity contribution < 1.29 is 9.47 Å². The second kappa shape index (κ2) is 4.57. The summed E-state index contributed by atoms with van der Waals surface area (Å²) in [5.41, 5.74) is 0. The lowest BCUT2D eigenvalue weighted by Crippen LogP contribution is -2.46. The lowest BCUT2D eigenvalue weighted by atomic mass is 10.0. The molecule has 2 atom stereocenters. The van der Waals surface area contributed by atoms with Gasteiger partial charge in [0.2, 0.25) is 0 Å². The van der Waals surface area contributed by atoms with Crippen molar-refractivity contribution in [3.8, 4) is 11.5 Å². The number of fused-ring (bicyclic) bond motifs is 1. The first-order chi connectivity index (χ1) is 8.36.